The fourth-order valence-corrected chi connectivity index (χ4v) is 3.80. The lowest BCUT2D eigenvalue weighted by atomic mass is 10.0. The zero-order chi connectivity index (χ0) is 16.7. The maximum absolute atomic E-state index is 12.3. The molecule has 1 aliphatic rings. The van der Waals surface area contributed by atoms with Crippen LogP contribution in [0.4, 0.5) is 0 Å². The minimum atomic E-state index is -0.433. The second-order valence-corrected chi connectivity index (χ2v) is 7.41. The number of hydrogen-bond acceptors (Lipinski definition) is 5. The number of nitrogens with one attached hydrogen (secondary N) is 1. The van der Waals surface area contributed by atoms with Crippen molar-refractivity contribution < 1.29 is 14.6 Å². The Bertz CT molecular complexity index is 458. The van der Waals surface area contributed by atoms with Crippen LogP contribution in [-0.4, -0.2) is 61.4 Å². The number of carbonyl (C=O) groups excluding carboxylic acids is 1. The average Bonchev–Trinajstić information content (AvgIpc) is 3.02. The molecule has 0 spiro atoms. The predicted molar refractivity (Wildman–Crippen MR) is 92.7 cm³/mol. The normalized spacial score (nSPS) is 19.4. The topological polar surface area (TPSA) is 61.8 Å². The van der Waals surface area contributed by atoms with Crippen LogP contribution in [0.25, 0.3) is 0 Å². The number of amides is 1. The first-order valence-corrected chi connectivity index (χ1v) is 9.18. The van der Waals surface area contributed by atoms with E-state index in [1.165, 1.54) is 4.88 Å². The van der Waals surface area contributed by atoms with Gasteiger partial charge in [0.05, 0.1) is 12.7 Å². The Hall–Kier alpha value is -0.950. The summed E-state index contributed by atoms with van der Waals surface area (Å²) in [7, 11) is 1.60. The van der Waals surface area contributed by atoms with Crippen LogP contribution in [0.3, 0.4) is 0 Å². The first-order chi connectivity index (χ1) is 11.1. The van der Waals surface area contributed by atoms with E-state index in [1.807, 2.05) is 18.4 Å². The highest BCUT2D eigenvalue weighted by molar-refractivity contribution is 7.09. The lowest BCUT2D eigenvalue weighted by Gasteiger charge is -2.33. The summed E-state index contributed by atoms with van der Waals surface area (Å²) in [5.74, 6) is 0.159. The van der Waals surface area contributed by atoms with E-state index in [9.17, 15) is 9.90 Å². The molecule has 0 radical (unpaired) electrons. The molecule has 2 heterocycles. The maximum atomic E-state index is 12.3. The highest BCUT2D eigenvalue weighted by Crippen LogP contribution is 2.16. The van der Waals surface area contributed by atoms with Gasteiger partial charge in [0.1, 0.15) is 0 Å². The van der Waals surface area contributed by atoms with Crippen LogP contribution in [0.2, 0.25) is 0 Å². The number of nitrogens with zero attached hydrogens (tertiary/aromatic N) is 1. The summed E-state index contributed by atoms with van der Waals surface area (Å²) in [5, 5.41) is 15.0. The van der Waals surface area contributed by atoms with Gasteiger partial charge in [0, 0.05) is 43.6 Å². The number of aliphatic hydroxyl groups is 1. The number of thiophene rings is 1. The van der Waals surface area contributed by atoms with Crippen molar-refractivity contribution in [2.24, 2.45) is 5.92 Å². The number of β-amino-alcohol motifs (C(OH)–C–C–N with tert-alkyl or cyclic N) is 1. The molecule has 2 rings (SSSR count). The number of likely N-dealkylation sites (tertiary alicyclic amines) is 1. The fourth-order valence-electron chi connectivity index (χ4n) is 2.97. The Kier molecular flexibility index (Phi) is 7.49. The molecule has 1 fully saturated rings. The van der Waals surface area contributed by atoms with Crippen molar-refractivity contribution in [2.45, 2.75) is 38.3 Å². The van der Waals surface area contributed by atoms with Gasteiger partial charge in [0.25, 0.3) is 0 Å². The number of aliphatic hydroxyl groups excluding tert-OH is 1. The van der Waals surface area contributed by atoms with Crippen LogP contribution in [0.1, 0.15) is 24.6 Å². The van der Waals surface area contributed by atoms with Gasteiger partial charge in [-0.05, 0) is 30.7 Å². The Morgan fingerprint density at radius 3 is 2.87 bits per heavy atom. The van der Waals surface area contributed by atoms with Crippen molar-refractivity contribution in [1.82, 2.24) is 10.2 Å². The summed E-state index contributed by atoms with van der Waals surface area (Å²) < 4.78 is 4.96. The highest BCUT2D eigenvalue weighted by atomic mass is 32.1. The molecule has 2 unspecified atom stereocenters. The van der Waals surface area contributed by atoms with Crippen molar-refractivity contribution in [3.63, 3.8) is 0 Å². The molecule has 0 saturated carbocycles. The van der Waals surface area contributed by atoms with Gasteiger partial charge in [0.15, 0.2) is 0 Å². The van der Waals surface area contributed by atoms with E-state index in [2.05, 4.69) is 16.3 Å². The summed E-state index contributed by atoms with van der Waals surface area (Å²) in [4.78, 5) is 15.8. The minimum Gasteiger partial charge on any atom is -0.389 e. The number of hydrogen-bond donors (Lipinski definition) is 2. The van der Waals surface area contributed by atoms with Crippen LogP contribution in [0.15, 0.2) is 17.5 Å². The maximum Gasteiger partial charge on any atom is 0.223 e. The Morgan fingerprint density at radius 1 is 1.52 bits per heavy atom. The predicted octanol–water partition coefficient (Wildman–Crippen LogP) is 1.51. The van der Waals surface area contributed by atoms with E-state index in [0.717, 1.165) is 32.4 Å². The van der Waals surface area contributed by atoms with Gasteiger partial charge in [-0.15, -0.1) is 11.3 Å². The molecule has 23 heavy (non-hydrogen) atoms. The number of carbonyl (C=O) groups is 1. The van der Waals surface area contributed by atoms with Crippen LogP contribution in [0.5, 0.6) is 0 Å². The SMILES string of the molecule is COCC(O)CN1CCC(NC(=O)C(C)Cc2cccs2)CC1. The van der Waals surface area contributed by atoms with Gasteiger partial charge in [-0.2, -0.15) is 0 Å². The first-order valence-electron chi connectivity index (χ1n) is 8.30. The quantitative estimate of drug-likeness (QED) is 0.753. The third-order valence-electron chi connectivity index (χ3n) is 4.30. The Labute approximate surface area is 142 Å². The molecule has 0 aliphatic carbocycles. The standard InChI is InChI=1S/C17H28N2O3S/c1-13(10-16-4-3-9-23-16)17(21)18-14-5-7-19(8-6-14)11-15(20)12-22-2/h3-4,9,13-15,20H,5-8,10-12H2,1-2H3,(H,18,21). The van der Waals surface area contributed by atoms with Crippen molar-refractivity contribution in [3.8, 4) is 0 Å². The monoisotopic (exact) mass is 340 g/mol. The largest absolute Gasteiger partial charge is 0.389 e. The summed E-state index contributed by atoms with van der Waals surface area (Å²) in [6, 6.07) is 4.36. The highest BCUT2D eigenvalue weighted by Gasteiger charge is 2.24. The Morgan fingerprint density at radius 2 is 2.26 bits per heavy atom. The third kappa shape index (κ3) is 6.22. The smallest absolute Gasteiger partial charge is 0.223 e. The molecule has 0 aromatic carbocycles. The lowest BCUT2D eigenvalue weighted by Crippen LogP contribution is -2.48. The zero-order valence-corrected chi connectivity index (χ0v) is 14.8. The molecule has 5 nitrogen and oxygen atoms in total. The summed E-state index contributed by atoms with van der Waals surface area (Å²) in [6.07, 6.45) is 2.26. The molecule has 1 aromatic heterocycles. The van der Waals surface area contributed by atoms with Crippen molar-refractivity contribution in [1.29, 1.82) is 0 Å². The molecule has 1 saturated heterocycles. The van der Waals surface area contributed by atoms with E-state index in [4.69, 9.17) is 4.74 Å². The van der Waals surface area contributed by atoms with Crippen LogP contribution in [-0.2, 0) is 16.0 Å². The lowest BCUT2D eigenvalue weighted by molar-refractivity contribution is -0.125. The zero-order valence-electron chi connectivity index (χ0n) is 14.0. The van der Waals surface area contributed by atoms with Crippen LogP contribution in [0, 0.1) is 5.92 Å². The summed E-state index contributed by atoms with van der Waals surface area (Å²) in [5.41, 5.74) is 0. The second kappa shape index (κ2) is 9.37. The fraction of sp³-hybridized carbons (Fsp3) is 0.706. The van der Waals surface area contributed by atoms with Gasteiger partial charge in [0.2, 0.25) is 5.91 Å². The van der Waals surface area contributed by atoms with E-state index >= 15 is 0 Å². The minimum absolute atomic E-state index is 0.00945. The number of piperidine rings is 1. The van der Waals surface area contributed by atoms with E-state index < -0.39 is 6.10 Å². The number of ether oxygens (including phenoxy) is 1. The van der Waals surface area contributed by atoms with Crippen molar-refractivity contribution >= 4 is 17.2 Å². The molecule has 2 atom stereocenters. The molecule has 6 heteroatoms. The molecule has 1 aliphatic heterocycles. The average molecular weight is 340 g/mol. The first kappa shape index (κ1) is 18.4. The molecule has 2 N–H and O–H groups in total. The summed E-state index contributed by atoms with van der Waals surface area (Å²) in [6.45, 7) is 4.82. The second-order valence-electron chi connectivity index (χ2n) is 6.38. The molecular formula is C17H28N2O3S. The number of rotatable bonds is 8. The van der Waals surface area contributed by atoms with Crippen LogP contribution >= 0.6 is 11.3 Å². The molecule has 1 aromatic rings. The van der Waals surface area contributed by atoms with Gasteiger partial charge < -0.3 is 20.1 Å². The molecule has 1 amide bonds. The summed E-state index contributed by atoms with van der Waals surface area (Å²) >= 11 is 1.70. The van der Waals surface area contributed by atoms with E-state index in [0.29, 0.717) is 13.2 Å². The number of methoxy groups -OCH3 is 1. The van der Waals surface area contributed by atoms with Gasteiger partial charge in [-0.3, -0.25) is 4.79 Å². The molecule has 0 bridgehead atoms. The van der Waals surface area contributed by atoms with Crippen molar-refractivity contribution in [2.75, 3.05) is 33.4 Å². The Balaban J connectivity index is 1.68. The molecular weight excluding hydrogens is 312 g/mol. The third-order valence-corrected chi connectivity index (χ3v) is 5.20. The molecule has 130 valence electrons. The van der Waals surface area contributed by atoms with Gasteiger partial charge >= 0.3 is 0 Å². The van der Waals surface area contributed by atoms with E-state index in [-0.39, 0.29) is 17.9 Å². The van der Waals surface area contributed by atoms with Gasteiger partial charge in [-0.1, -0.05) is 13.0 Å². The van der Waals surface area contributed by atoms with Gasteiger partial charge in [-0.25, -0.2) is 0 Å². The van der Waals surface area contributed by atoms with Crippen LogP contribution < -0.4 is 5.32 Å². The van der Waals surface area contributed by atoms with Crippen molar-refractivity contribution in [3.05, 3.63) is 22.4 Å². The van der Waals surface area contributed by atoms with E-state index in [1.54, 1.807) is 18.4 Å².